The zero-order valence-electron chi connectivity index (χ0n) is 11.7. The highest BCUT2D eigenvalue weighted by Crippen LogP contribution is 2.29. The summed E-state index contributed by atoms with van der Waals surface area (Å²) in [5.41, 5.74) is 2.54. The van der Waals surface area contributed by atoms with E-state index in [-0.39, 0.29) is 5.91 Å². The fourth-order valence-corrected chi connectivity index (χ4v) is 2.59. The quantitative estimate of drug-likeness (QED) is 0.856. The van der Waals surface area contributed by atoms with E-state index < -0.39 is 0 Å². The van der Waals surface area contributed by atoms with E-state index >= 15 is 0 Å². The van der Waals surface area contributed by atoms with Crippen molar-refractivity contribution in [1.29, 1.82) is 0 Å². The molecule has 0 aromatic heterocycles. The Bertz CT molecular complexity index is 656. The van der Waals surface area contributed by atoms with Crippen LogP contribution in [0.3, 0.4) is 0 Å². The molecule has 3 nitrogen and oxygen atoms in total. The number of ether oxygens (including phenoxy) is 1. The van der Waals surface area contributed by atoms with Crippen LogP contribution in [0.5, 0.6) is 5.75 Å². The van der Waals surface area contributed by atoms with Crippen LogP contribution in [0.1, 0.15) is 11.1 Å². The van der Waals surface area contributed by atoms with Crippen LogP contribution in [-0.4, -0.2) is 13.0 Å². The predicted octanol–water partition coefficient (Wildman–Crippen LogP) is 4.60. The van der Waals surface area contributed by atoms with Crippen LogP contribution in [-0.2, 0) is 11.2 Å². The molecule has 0 aliphatic heterocycles. The molecule has 1 amide bonds. The second-order valence-corrected chi connectivity index (χ2v) is 5.92. The highest BCUT2D eigenvalue weighted by atomic mass is 79.9. The van der Waals surface area contributed by atoms with Crippen LogP contribution < -0.4 is 10.1 Å². The van der Waals surface area contributed by atoms with Crippen molar-refractivity contribution in [2.24, 2.45) is 0 Å². The van der Waals surface area contributed by atoms with E-state index in [1.54, 1.807) is 13.2 Å². The summed E-state index contributed by atoms with van der Waals surface area (Å²) in [6.45, 7) is 1.91. The number of benzene rings is 2. The maximum absolute atomic E-state index is 12.1. The minimum atomic E-state index is -0.0965. The molecule has 0 fully saturated rings. The number of rotatable bonds is 4. The summed E-state index contributed by atoms with van der Waals surface area (Å²) < 4.78 is 5.90. The monoisotopic (exact) mass is 367 g/mol. The van der Waals surface area contributed by atoms with Gasteiger partial charge in [-0.15, -0.1) is 0 Å². The third-order valence-corrected chi connectivity index (χ3v) is 4.11. The average molecular weight is 369 g/mol. The number of nitrogens with one attached hydrogen (secondary N) is 1. The first-order chi connectivity index (χ1) is 9.99. The molecule has 0 saturated carbocycles. The Hall–Kier alpha value is -1.52. The van der Waals surface area contributed by atoms with Gasteiger partial charge in [0, 0.05) is 9.50 Å². The van der Waals surface area contributed by atoms with E-state index in [9.17, 15) is 4.79 Å². The molecule has 21 heavy (non-hydrogen) atoms. The summed E-state index contributed by atoms with van der Waals surface area (Å²) >= 11 is 9.50. The molecule has 0 aliphatic rings. The van der Waals surface area contributed by atoms with Gasteiger partial charge in [0.25, 0.3) is 0 Å². The first kappa shape index (κ1) is 15.9. The SMILES string of the molecule is COc1ccc(CC(=O)Nc2cc(Cl)c(C)cc2Br)cc1. The predicted molar refractivity (Wildman–Crippen MR) is 89.2 cm³/mol. The second-order valence-electron chi connectivity index (χ2n) is 4.65. The lowest BCUT2D eigenvalue weighted by atomic mass is 10.1. The van der Waals surface area contributed by atoms with Crippen molar-refractivity contribution in [3.8, 4) is 5.75 Å². The van der Waals surface area contributed by atoms with Gasteiger partial charge in [0.15, 0.2) is 0 Å². The number of methoxy groups -OCH3 is 1. The first-order valence-corrected chi connectivity index (χ1v) is 7.55. The molecule has 110 valence electrons. The van der Waals surface area contributed by atoms with Gasteiger partial charge >= 0.3 is 0 Å². The molecule has 0 saturated heterocycles. The maximum Gasteiger partial charge on any atom is 0.228 e. The van der Waals surface area contributed by atoms with Crippen molar-refractivity contribution in [1.82, 2.24) is 0 Å². The number of hydrogen-bond acceptors (Lipinski definition) is 2. The fraction of sp³-hybridized carbons (Fsp3) is 0.188. The molecule has 2 rings (SSSR count). The smallest absolute Gasteiger partial charge is 0.228 e. The fourth-order valence-electron chi connectivity index (χ4n) is 1.87. The Balaban J connectivity index is 2.06. The Labute approximate surface area is 137 Å². The Kier molecular flexibility index (Phi) is 5.26. The van der Waals surface area contributed by atoms with Crippen molar-refractivity contribution in [3.05, 3.63) is 57.0 Å². The Morgan fingerprint density at radius 3 is 2.57 bits per heavy atom. The van der Waals surface area contributed by atoms with Crippen LogP contribution in [0.4, 0.5) is 5.69 Å². The third kappa shape index (κ3) is 4.22. The summed E-state index contributed by atoms with van der Waals surface area (Å²) in [7, 11) is 1.61. The summed E-state index contributed by atoms with van der Waals surface area (Å²) in [6, 6.07) is 11.0. The largest absolute Gasteiger partial charge is 0.497 e. The normalized spacial score (nSPS) is 10.3. The van der Waals surface area contributed by atoms with E-state index in [1.165, 1.54) is 0 Å². The molecule has 0 unspecified atom stereocenters. The molecule has 0 spiro atoms. The molecule has 2 aromatic carbocycles. The van der Waals surface area contributed by atoms with Crippen LogP contribution >= 0.6 is 27.5 Å². The molecular formula is C16H15BrClNO2. The number of halogens is 2. The van der Waals surface area contributed by atoms with E-state index in [1.807, 2.05) is 37.3 Å². The van der Waals surface area contributed by atoms with Crippen LogP contribution in [0, 0.1) is 6.92 Å². The zero-order chi connectivity index (χ0) is 15.4. The molecular weight excluding hydrogens is 354 g/mol. The van der Waals surface area contributed by atoms with Crippen molar-refractivity contribution < 1.29 is 9.53 Å². The lowest BCUT2D eigenvalue weighted by Gasteiger charge is -2.10. The van der Waals surface area contributed by atoms with Gasteiger partial charge in [-0.05, 0) is 58.2 Å². The number of aryl methyl sites for hydroxylation is 1. The van der Waals surface area contributed by atoms with Crippen molar-refractivity contribution in [3.63, 3.8) is 0 Å². The standard InChI is InChI=1S/C16H15BrClNO2/c1-10-7-13(17)15(9-14(10)18)19-16(20)8-11-3-5-12(21-2)6-4-11/h3-7,9H,8H2,1-2H3,(H,19,20). The van der Waals surface area contributed by atoms with E-state index in [2.05, 4.69) is 21.2 Å². The summed E-state index contributed by atoms with van der Waals surface area (Å²) in [5.74, 6) is 0.674. The highest BCUT2D eigenvalue weighted by Gasteiger charge is 2.09. The molecule has 1 N–H and O–H groups in total. The van der Waals surface area contributed by atoms with Gasteiger partial charge in [0.2, 0.25) is 5.91 Å². The van der Waals surface area contributed by atoms with Crippen LogP contribution in [0.25, 0.3) is 0 Å². The van der Waals surface area contributed by atoms with Gasteiger partial charge in [-0.1, -0.05) is 23.7 Å². The van der Waals surface area contributed by atoms with E-state index in [0.29, 0.717) is 17.1 Å². The Morgan fingerprint density at radius 1 is 1.29 bits per heavy atom. The van der Waals surface area contributed by atoms with Gasteiger partial charge in [-0.2, -0.15) is 0 Å². The third-order valence-electron chi connectivity index (χ3n) is 3.05. The van der Waals surface area contributed by atoms with Crippen LogP contribution in [0.15, 0.2) is 40.9 Å². The number of carbonyl (C=O) groups excluding carboxylic acids is 1. The van der Waals surface area contributed by atoms with Crippen molar-refractivity contribution in [2.75, 3.05) is 12.4 Å². The molecule has 0 aliphatic carbocycles. The lowest BCUT2D eigenvalue weighted by Crippen LogP contribution is -2.14. The van der Waals surface area contributed by atoms with Gasteiger partial charge < -0.3 is 10.1 Å². The van der Waals surface area contributed by atoms with Gasteiger partial charge in [0.05, 0.1) is 19.2 Å². The number of amides is 1. The van der Waals surface area contributed by atoms with Gasteiger partial charge in [-0.25, -0.2) is 0 Å². The molecule has 0 radical (unpaired) electrons. The van der Waals surface area contributed by atoms with Gasteiger partial charge in [0.1, 0.15) is 5.75 Å². The number of hydrogen-bond donors (Lipinski definition) is 1. The summed E-state index contributed by atoms with van der Waals surface area (Å²) in [5, 5.41) is 3.48. The van der Waals surface area contributed by atoms with Crippen molar-refractivity contribution in [2.45, 2.75) is 13.3 Å². The molecule has 5 heteroatoms. The number of anilines is 1. The maximum atomic E-state index is 12.1. The van der Waals surface area contributed by atoms with Gasteiger partial charge in [-0.3, -0.25) is 4.79 Å². The van der Waals surface area contributed by atoms with Crippen molar-refractivity contribution >= 4 is 39.1 Å². The lowest BCUT2D eigenvalue weighted by molar-refractivity contribution is -0.115. The summed E-state index contributed by atoms with van der Waals surface area (Å²) in [4.78, 5) is 12.1. The molecule has 0 heterocycles. The van der Waals surface area contributed by atoms with Crippen LogP contribution in [0.2, 0.25) is 5.02 Å². The molecule has 0 bridgehead atoms. The minimum Gasteiger partial charge on any atom is -0.497 e. The van der Waals surface area contributed by atoms with E-state index in [0.717, 1.165) is 21.3 Å². The second kappa shape index (κ2) is 6.96. The Morgan fingerprint density at radius 2 is 1.95 bits per heavy atom. The topological polar surface area (TPSA) is 38.3 Å². The first-order valence-electron chi connectivity index (χ1n) is 6.38. The minimum absolute atomic E-state index is 0.0965. The summed E-state index contributed by atoms with van der Waals surface area (Å²) in [6.07, 6.45) is 0.294. The molecule has 2 aromatic rings. The van der Waals surface area contributed by atoms with E-state index in [4.69, 9.17) is 16.3 Å². The zero-order valence-corrected chi connectivity index (χ0v) is 14.1. The molecule has 0 atom stereocenters. The average Bonchev–Trinajstić information content (AvgIpc) is 2.45. The highest BCUT2D eigenvalue weighted by molar-refractivity contribution is 9.10. The number of carbonyl (C=O) groups is 1.